The van der Waals surface area contributed by atoms with E-state index in [0.29, 0.717) is 17.8 Å². The predicted octanol–water partition coefficient (Wildman–Crippen LogP) is 3.47. The van der Waals surface area contributed by atoms with E-state index < -0.39 is 11.8 Å². The van der Waals surface area contributed by atoms with Crippen molar-refractivity contribution >= 4 is 5.91 Å². The molecule has 4 atom stereocenters. The molecule has 0 spiro atoms. The Balaban J connectivity index is 1.87. The number of halogens is 2. The van der Waals surface area contributed by atoms with Crippen LogP contribution in [0.15, 0.2) is 0 Å². The fraction of sp³-hybridized carbons (Fsp3) is 0.933. The highest BCUT2D eigenvalue weighted by Crippen LogP contribution is 2.48. The minimum Gasteiger partial charge on any atom is -0.355 e. The third kappa shape index (κ3) is 3.46. The Kier molecular flexibility index (Phi) is 4.17. The molecular formula is C15H25F2NO. The molecule has 2 aliphatic carbocycles. The van der Waals surface area contributed by atoms with Gasteiger partial charge in [0.15, 0.2) is 0 Å². The van der Waals surface area contributed by atoms with Crippen LogP contribution in [0.1, 0.15) is 46.5 Å². The first-order valence-corrected chi connectivity index (χ1v) is 7.46. The molecule has 0 aromatic rings. The summed E-state index contributed by atoms with van der Waals surface area (Å²) in [6.45, 7) is 6.61. The van der Waals surface area contributed by atoms with E-state index in [-0.39, 0.29) is 24.8 Å². The van der Waals surface area contributed by atoms with E-state index in [1.165, 1.54) is 6.42 Å². The Morgan fingerprint density at radius 1 is 1.37 bits per heavy atom. The molecule has 0 bridgehead atoms. The smallest absolute Gasteiger partial charge is 0.253 e. The third-order valence-electron chi connectivity index (χ3n) is 4.84. The quantitative estimate of drug-likeness (QED) is 0.835. The van der Waals surface area contributed by atoms with Crippen LogP contribution >= 0.6 is 0 Å². The lowest BCUT2D eigenvalue weighted by Crippen LogP contribution is -2.41. The number of carbonyl (C=O) groups is 1. The standard InChI is InChI=1S/C15H25F2NO/c1-9(2)12-5-4-10(3)6-13(12)14(19)18-8-11-7-15(11,16)17/h9-13H,4-8H2,1-3H3,(H,18,19)/t10-,11?,12+,13-/m1/s1. The minimum atomic E-state index is -2.54. The van der Waals surface area contributed by atoms with E-state index in [2.05, 4.69) is 26.1 Å². The van der Waals surface area contributed by atoms with E-state index in [4.69, 9.17) is 0 Å². The lowest BCUT2D eigenvalue weighted by atomic mass is 9.70. The second-order valence-electron chi connectivity index (χ2n) is 6.84. The number of hydrogen-bond acceptors (Lipinski definition) is 1. The lowest BCUT2D eigenvalue weighted by molar-refractivity contribution is -0.129. The van der Waals surface area contributed by atoms with E-state index in [1.54, 1.807) is 0 Å². The highest BCUT2D eigenvalue weighted by molar-refractivity contribution is 5.79. The summed E-state index contributed by atoms with van der Waals surface area (Å²) < 4.78 is 25.6. The summed E-state index contributed by atoms with van der Waals surface area (Å²) >= 11 is 0. The summed E-state index contributed by atoms with van der Waals surface area (Å²) in [5, 5.41) is 2.76. The van der Waals surface area contributed by atoms with Crippen LogP contribution in [0.4, 0.5) is 8.78 Å². The van der Waals surface area contributed by atoms with Gasteiger partial charge in [-0.2, -0.15) is 0 Å². The SMILES string of the molecule is CC(C)[C@@H]1CC[C@@H](C)C[C@H]1C(=O)NCC1CC1(F)F. The number of alkyl halides is 2. The van der Waals surface area contributed by atoms with Gasteiger partial charge in [-0.05, 0) is 30.6 Å². The maximum Gasteiger partial charge on any atom is 0.253 e. The van der Waals surface area contributed by atoms with E-state index >= 15 is 0 Å². The van der Waals surface area contributed by atoms with Crippen LogP contribution < -0.4 is 5.32 Å². The van der Waals surface area contributed by atoms with E-state index in [1.807, 2.05) is 0 Å². The van der Waals surface area contributed by atoms with Crippen molar-refractivity contribution in [3.8, 4) is 0 Å². The van der Waals surface area contributed by atoms with Crippen molar-refractivity contribution in [2.75, 3.05) is 6.54 Å². The Morgan fingerprint density at radius 3 is 2.53 bits per heavy atom. The van der Waals surface area contributed by atoms with Crippen LogP contribution in [-0.2, 0) is 4.79 Å². The molecule has 110 valence electrons. The fourth-order valence-corrected chi connectivity index (χ4v) is 3.35. The molecule has 0 saturated heterocycles. The Hall–Kier alpha value is -0.670. The maximum absolute atomic E-state index is 12.8. The molecule has 2 rings (SSSR count). The summed E-state index contributed by atoms with van der Waals surface area (Å²) in [5.74, 6) is -1.72. The van der Waals surface area contributed by atoms with Crippen molar-refractivity contribution in [1.82, 2.24) is 5.32 Å². The van der Waals surface area contributed by atoms with Crippen LogP contribution in [-0.4, -0.2) is 18.4 Å². The molecule has 2 saturated carbocycles. The first-order valence-electron chi connectivity index (χ1n) is 7.46. The summed E-state index contributed by atoms with van der Waals surface area (Å²) in [7, 11) is 0. The van der Waals surface area contributed by atoms with Gasteiger partial charge in [0.2, 0.25) is 5.91 Å². The summed E-state index contributed by atoms with van der Waals surface area (Å²) in [4.78, 5) is 12.2. The van der Waals surface area contributed by atoms with Crippen LogP contribution in [0.3, 0.4) is 0 Å². The van der Waals surface area contributed by atoms with Gasteiger partial charge in [0.05, 0.1) is 0 Å². The lowest BCUT2D eigenvalue weighted by Gasteiger charge is -2.36. The number of carbonyl (C=O) groups excluding carboxylic acids is 1. The summed E-state index contributed by atoms with van der Waals surface area (Å²) in [6, 6.07) is 0. The van der Waals surface area contributed by atoms with Gasteiger partial charge >= 0.3 is 0 Å². The first-order chi connectivity index (χ1) is 8.81. The van der Waals surface area contributed by atoms with Crippen LogP contribution in [0.5, 0.6) is 0 Å². The molecule has 2 aliphatic rings. The molecule has 2 fully saturated rings. The molecule has 19 heavy (non-hydrogen) atoms. The zero-order valence-corrected chi connectivity index (χ0v) is 12.1. The molecule has 0 aromatic heterocycles. The molecule has 1 amide bonds. The van der Waals surface area contributed by atoms with Gasteiger partial charge < -0.3 is 5.32 Å². The van der Waals surface area contributed by atoms with Gasteiger partial charge in [0.25, 0.3) is 5.92 Å². The summed E-state index contributed by atoms with van der Waals surface area (Å²) in [6.07, 6.45) is 3.08. The molecule has 1 N–H and O–H groups in total. The van der Waals surface area contributed by atoms with Crippen LogP contribution in [0.25, 0.3) is 0 Å². The van der Waals surface area contributed by atoms with Crippen molar-refractivity contribution in [2.24, 2.45) is 29.6 Å². The largest absolute Gasteiger partial charge is 0.355 e. The van der Waals surface area contributed by atoms with Gasteiger partial charge in [0, 0.05) is 24.8 Å². The second-order valence-corrected chi connectivity index (χ2v) is 6.84. The monoisotopic (exact) mass is 273 g/mol. The topological polar surface area (TPSA) is 29.1 Å². The van der Waals surface area contributed by atoms with Crippen LogP contribution in [0.2, 0.25) is 0 Å². The van der Waals surface area contributed by atoms with Gasteiger partial charge in [0.1, 0.15) is 0 Å². The second kappa shape index (κ2) is 5.37. The predicted molar refractivity (Wildman–Crippen MR) is 70.9 cm³/mol. The minimum absolute atomic E-state index is 0.00653. The number of hydrogen-bond donors (Lipinski definition) is 1. The van der Waals surface area contributed by atoms with Gasteiger partial charge in [-0.1, -0.05) is 27.2 Å². The highest BCUT2D eigenvalue weighted by Gasteiger charge is 2.56. The zero-order valence-electron chi connectivity index (χ0n) is 12.1. The van der Waals surface area contributed by atoms with Crippen molar-refractivity contribution < 1.29 is 13.6 Å². The van der Waals surface area contributed by atoms with Gasteiger partial charge in [-0.3, -0.25) is 4.79 Å². The average molecular weight is 273 g/mol. The highest BCUT2D eigenvalue weighted by atomic mass is 19.3. The first kappa shape index (κ1) is 14.7. The van der Waals surface area contributed by atoms with Crippen molar-refractivity contribution in [2.45, 2.75) is 52.4 Å². The molecule has 0 radical (unpaired) electrons. The van der Waals surface area contributed by atoms with Crippen molar-refractivity contribution in [3.63, 3.8) is 0 Å². The Bertz CT molecular complexity index is 343. The normalized spacial score (nSPS) is 37.2. The average Bonchev–Trinajstić information content (AvgIpc) is 2.93. The Labute approximate surface area is 114 Å². The number of rotatable bonds is 4. The van der Waals surface area contributed by atoms with Gasteiger partial charge in [-0.25, -0.2) is 8.78 Å². The number of nitrogens with one attached hydrogen (secondary N) is 1. The van der Waals surface area contributed by atoms with Crippen molar-refractivity contribution in [3.05, 3.63) is 0 Å². The molecule has 0 aliphatic heterocycles. The molecule has 0 aromatic carbocycles. The fourth-order valence-electron chi connectivity index (χ4n) is 3.35. The molecule has 2 nitrogen and oxygen atoms in total. The van der Waals surface area contributed by atoms with Crippen LogP contribution in [0, 0.1) is 29.6 Å². The van der Waals surface area contributed by atoms with E-state index in [9.17, 15) is 13.6 Å². The third-order valence-corrected chi connectivity index (χ3v) is 4.84. The summed E-state index contributed by atoms with van der Waals surface area (Å²) in [5.41, 5.74) is 0. The number of amides is 1. The molecule has 0 heterocycles. The zero-order chi connectivity index (χ0) is 14.2. The molecule has 4 heteroatoms. The van der Waals surface area contributed by atoms with Gasteiger partial charge in [-0.15, -0.1) is 0 Å². The molecule has 1 unspecified atom stereocenters. The molecular weight excluding hydrogens is 248 g/mol. The van der Waals surface area contributed by atoms with Crippen molar-refractivity contribution in [1.29, 1.82) is 0 Å². The Morgan fingerprint density at radius 2 is 2.00 bits per heavy atom. The maximum atomic E-state index is 12.8. The van der Waals surface area contributed by atoms with E-state index in [0.717, 1.165) is 12.8 Å².